The average Bonchev–Trinajstić information content (AvgIpc) is 2.76. The fourth-order valence-corrected chi connectivity index (χ4v) is 3.48. The van der Waals surface area contributed by atoms with E-state index in [4.69, 9.17) is 5.21 Å². The van der Waals surface area contributed by atoms with Crippen LogP contribution in [0.15, 0.2) is 30.3 Å². The largest absolute Gasteiger partial charge is 0.392 e. The summed E-state index contributed by atoms with van der Waals surface area (Å²) in [5.74, 6) is -1.48. The van der Waals surface area contributed by atoms with E-state index in [2.05, 4.69) is 9.97 Å². The molecular weight excluding hydrogens is 467 g/mol. The minimum absolute atomic E-state index is 0.0614. The summed E-state index contributed by atoms with van der Waals surface area (Å²) in [6, 6.07) is 5.49. The van der Waals surface area contributed by atoms with Gasteiger partial charge in [-0.1, -0.05) is 26.0 Å². The Labute approximate surface area is 197 Å². The predicted octanol–water partition coefficient (Wildman–Crippen LogP) is 1.82. The Balaban J connectivity index is 2.57. The fourth-order valence-electron chi connectivity index (χ4n) is 3.10. The highest BCUT2D eigenvalue weighted by Crippen LogP contribution is 2.31. The van der Waals surface area contributed by atoms with Crippen LogP contribution in [-0.4, -0.2) is 65.2 Å². The minimum Gasteiger partial charge on any atom is -0.392 e. The number of halogens is 1. The lowest BCUT2D eigenvalue weighted by Gasteiger charge is -2.20. The van der Waals surface area contributed by atoms with Crippen molar-refractivity contribution >= 4 is 28.0 Å². The average molecular weight is 497 g/mol. The number of hydrogen-bond donors (Lipinski definition) is 4. The Bertz CT molecular complexity index is 1140. The van der Waals surface area contributed by atoms with Gasteiger partial charge in [-0.15, -0.1) is 0 Å². The number of anilines is 1. The van der Waals surface area contributed by atoms with Gasteiger partial charge in [-0.3, -0.25) is 10.0 Å². The third-order valence-electron chi connectivity index (χ3n) is 4.95. The van der Waals surface area contributed by atoms with Crippen LogP contribution in [0.3, 0.4) is 0 Å². The van der Waals surface area contributed by atoms with E-state index in [0.29, 0.717) is 22.5 Å². The van der Waals surface area contributed by atoms with Crippen molar-refractivity contribution in [3.8, 4) is 11.3 Å². The lowest BCUT2D eigenvalue weighted by Crippen LogP contribution is -2.27. The molecule has 10 nitrogen and oxygen atoms in total. The van der Waals surface area contributed by atoms with Gasteiger partial charge in [-0.25, -0.2) is 32.6 Å². The number of sulfonamides is 1. The highest BCUT2D eigenvalue weighted by molar-refractivity contribution is 7.92. The lowest BCUT2D eigenvalue weighted by atomic mass is 9.97. The normalized spacial score (nSPS) is 13.8. The summed E-state index contributed by atoms with van der Waals surface area (Å²) >= 11 is 0. The number of rotatable bonds is 10. The maximum absolute atomic E-state index is 13.5. The number of nitrogens with one attached hydrogen (secondary N) is 1. The molecule has 12 heteroatoms. The maximum atomic E-state index is 13.5. The number of carbonyl (C=O) groups is 1. The van der Waals surface area contributed by atoms with Gasteiger partial charge in [-0.2, -0.15) is 0 Å². The van der Waals surface area contributed by atoms with E-state index >= 15 is 0 Å². The summed E-state index contributed by atoms with van der Waals surface area (Å²) in [6.45, 7) is 3.71. The standard InChI is InChI=1S/C22H29FN4O6S/c1-13(2)20-18(10-9-16(28)11-17(29)12-19(30)26-31)21(14-5-7-15(23)8-6-14)25-22(24-20)27(3)34(4,32)33/h5-10,13,16-17,28-29,31H,11-12H2,1-4H3,(H,26,30)/t16-,17-/m1/s1. The molecule has 0 spiro atoms. The van der Waals surface area contributed by atoms with Crippen molar-refractivity contribution in [3.05, 3.63) is 47.4 Å². The van der Waals surface area contributed by atoms with Gasteiger partial charge in [0.15, 0.2) is 0 Å². The third-order valence-corrected chi connectivity index (χ3v) is 6.11. The summed E-state index contributed by atoms with van der Waals surface area (Å²) in [7, 11) is -2.33. The number of aliphatic hydroxyl groups is 2. The second-order valence-electron chi connectivity index (χ2n) is 8.12. The summed E-state index contributed by atoms with van der Waals surface area (Å²) in [5, 5.41) is 28.8. The molecule has 0 aliphatic heterocycles. The number of carbonyl (C=O) groups excluding carboxylic acids is 1. The van der Waals surface area contributed by atoms with E-state index in [-0.39, 0.29) is 18.3 Å². The first-order valence-electron chi connectivity index (χ1n) is 10.4. The first kappa shape index (κ1) is 27.3. The molecule has 2 atom stereocenters. The molecule has 4 N–H and O–H groups in total. The molecule has 1 aromatic carbocycles. The van der Waals surface area contributed by atoms with E-state index in [1.165, 1.54) is 42.9 Å². The molecule has 2 aromatic rings. The second kappa shape index (κ2) is 11.5. The Hall–Kier alpha value is -2.93. The molecule has 0 radical (unpaired) electrons. The minimum atomic E-state index is -3.66. The number of benzene rings is 1. The number of aliphatic hydroxyl groups excluding tert-OH is 2. The van der Waals surface area contributed by atoms with Crippen molar-refractivity contribution in [2.24, 2.45) is 0 Å². The van der Waals surface area contributed by atoms with E-state index in [9.17, 15) is 27.8 Å². The SMILES string of the molecule is CC(C)c1nc(N(C)S(C)(=O)=O)nc(-c2ccc(F)cc2)c1C=C[C@@H](O)C[C@@H](O)CC(=O)NO. The third kappa shape index (κ3) is 7.29. The van der Waals surface area contributed by atoms with Crippen molar-refractivity contribution in [3.63, 3.8) is 0 Å². The van der Waals surface area contributed by atoms with Crippen LogP contribution in [0.25, 0.3) is 17.3 Å². The van der Waals surface area contributed by atoms with Crippen molar-refractivity contribution in [1.29, 1.82) is 0 Å². The Morgan fingerprint density at radius 1 is 1.21 bits per heavy atom. The van der Waals surface area contributed by atoms with E-state index in [1.54, 1.807) is 6.08 Å². The van der Waals surface area contributed by atoms with Gasteiger partial charge in [0.25, 0.3) is 0 Å². The molecule has 34 heavy (non-hydrogen) atoms. The van der Waals surface area contributed by atoms with Crippen molar-refractivity contribution in [1.82, 2.24) is 15.4 Å². The first-order valence-corrected chi connectivity index (χ1v) is 12.3. The van der Waals surface area contributed by atoms with Gasteiger partial charge in [0.05, 0.1) is 36.3 Å². The van der Waals surface area contributed by atoms with Crippen LogP contribution in [0, 0.1) is 5.82 Å². The Morgan fingerprint density at radius 3 is 2.35 bits per heavy atom. The zero-order valence-corrected chi connectivity index (χ0v) is 20.1. The topological polar surface area (TPSA) is 153 Å². The summed E-state index contributed by atoms with van der Waals surface area (Å²) in [5.41, 5.74) is 3.21. The number of amides is 1. The van der Waals surface area contributed by atoms with E-state index < -0.39 is 40.4 Å². The predicted molar refractivity (Wildman–Crippen MR) is 125 cm³/mol. The molecule has 2 rings (SSSR count). The molecule has 186 valence electrons. The van der Waals surface area contributed by atoms with E-state index in [1.807, 2.05) is 13.8 Å². The smallest absolute Gasteiger partial charge is 0.245 e. The van der Waals surface area contributed by atoms with Crippen LogP contribution in [0.5, 0.6) is 0 Å². The van der Waals surface area contributed by atoms with Crippen LogP contribution < -0.4 is 9.79 Å². The number of hydroxylamine groups is 1. The van der Waals surface area contributed by atoms with E-state index in [0.717, 1.165) is 10.6 Å². The first-order chi connectivity index (χ1) is 15.8. The summed E-state index contributed by atoms with van der Waals surface area (Å²) in [6.07, 6.45) is 1.03. The van der Waals surface area contributed by atoms with Gasteiger partial charge < -0.3 is 10.2 Å². The molecule has 0 aliphatic rings. The maximum Gasteiger partial charge on any atom is 0.245 e. The molecule has 0 saturated carbocycles. The second-order valence-corrected chi connectivity index (χ2v) is 10.1. The van der Waals surface area contributed by atoms with Gasteiger partial charge >= 0.3 is 0 Å². The van der Waals surface area contributed by atoms with Crippen LogP contribution in [0.4, 0.5) is 10.3 Å². The summed E-state index contributed by atoms with van der Waals surface area (Å²) in [4.78, 5) is 20.0. The van der Waals surface area contributed by atoms with Crippen molar-refractivity contribution in [2.45, 2.75) is 44.8 Å². The zero-order valence-electron chi connectivity index (χ0n) is 19.3. The van der Waals surface area contributed by atoms with Crippen LogP contribution in [-0.2, 0) is 14.8 Å². The molecule has 1 aromatic heterocycles. The zero-order chi connectivity index (χ0) is 25.6. The highest BCUT2D eigenvalue weighted by atomic mass is 32.2. The molecule has 1 amide bonds. The van der Waals surface area contributed by atoms with Crippen LogP contribution in [0.1, 0.15) is 43.9 Å². The molecule has 0 saturated heterocycles. The number of nitrogens with zero attached hydrogens (tertiary/aromatic N) is 3. The van der Waals surface area contributed by atoms with Gasteiger partial charge in [0.1, 0.15) is 5.82 Å². The Morgan fingerprint density at radius 2 is 1.82 bits per heavy atom. The molecule has 0 aliphatic carbocycles. The quantitative estimate of drug-likeness (QED) is 0.287. The fraction of sp³-hybridized carbons (Fsp3) is 0.409. The number of aromatic nitrogens is 2. The molecule has 0 fully saturated rings. The van der Waals surface area contributed by atoms with Crippen molar-refractivity contribution in [2.75, 3.05) is 17.6 Å². The molecule has 0 bridgehead atoms. The molecule has 0 unspecified atom stereocenters. The van der Waals surface area contributed by atoms with Crippen LogP contribution in [0.2, 0.25) is 0 Å². The highest BCUT2D eigenvalue weighted by Gasteiger charge is 2.22. The monoisotopic (exact) mass is 496 g/mol. The van der Waals surface area contributed by atoms with Gasteiger partial charge in [0.2, 0.25) is 21.9 Å². The number of hydrogen-bond acceptors (Lipinski definition) is 8. The van der Waals surface area contributed by atoms with Crippen LogP contribution >= 0.6 is 0 Å². The van der Waals surface area contributed by atoms with Gasteiger partial charge in [0, 0.05) is 24.6 Å². The molecule has 1 heterocycles. The Kier molecular flexibility index (Phi) is 9.21. The lowest BCUT2D eigenvalue weighted by molar-refractivity contribution is -0.131. The van der Waals surface area contributed by atoms with Gasteiger partial charge in [-0.05, 0) is 30.2 Å². The summed E-state index contributed by atoms with van der Waals surface area (Å²) < 4.78 is 38.6. The molecular formula is C22H29FN4O6S. The van der Waals surface area contributed by atoms with Crippen molar-refractivity contribution < 1.29 is 33.0 Å².